The molecule has 0 aromatic heterocycles. The van der Waals surface area contributed by atoms with Gasteiger partial charge in [0, 0.05) is 9.80 Å². The highest BCUT2D eigenvalue weighted by Gasteiger charge is 2.12. The Morgan fingerprint density at radius 3 is 2.57 bits per heavy atom. The quantitative estimate of drug-likeness (QED) is 0.565. The van der Waals surface area contributed by atoms with Gasteiger partial charge in [-0.15, -0.1) is 0 Å². The molecule has 0 saturated carbocycles. The smallest absolute Gasteiger partial charge is 0.119 e. The van der Waals surface area contributed by atoms with Gasteiger partial charge >= 0.3 is 0 Å². The molecule has 1 unspecified atom stereocenters. The van der Waals surface area contributed by atoms with Crippen molar-refractivity contribution in [1.82, 2.24) is 0 Å². The molecule has 0 bridgehead atoms. The van der Waals surface area contributed by atoms with Crippen molar-refractivity contribution in [3.8, 4) is 5.75 Å². The van der Waals surface area contributed by atoms with Gasteiger partial charge in [0.1, 0.15) is 5.75 Å². The molecule has 0 saturated heterocycles. The summed E-state index contributed by atoms with van der Waals surface area (Å²) in [6.07, 6.45) is 2.10. The number of halogens is 2. The van der Waals surface area contributed by atoms with Crippen LogP contribution in [-0.2, 0) is 12.8 Å². The van der Waals surface area contributed by atoms with E-state index < -0.39 is 0 Å². The summed E-state index contributed by atoms with van der Waals surface area (Å²) in [4.78, 5) is 0. The van der Waals surface area contributed by atoms with Gasteiger partial charge in [-0.3, -0.25) is 0 Å². The van der Waals surface area contributed by atoms with Crippen molar-refractivity contribution in [1.29, 1.82) is 0 Å². The third-order valence-electron chi connectivity index (χ3n) is 3.59. The van der Waals surface area contributed by atoms with Crippen LogP contribution in [0.1, 0.15) is 16.7 Å². The minimum absolute atomic E-state index is 0.565. The molecule has 0 aliphatic carbocycles. The molecule has 0 amide bonds. The lowest BCUT2D eigenvalue weighted by Crippen LogP contribution is -2.10. The minimum atomic E-state index is 0.565. The lowest BCUT2D eigenvalue weighted by atomic mass is 9.93. The van der Waals surface area contributed by atoms with Crippen LogP contribution in [0.2, 0.25) is 0 Å². The first kappa shape index (κ1) is 16.6. The van der Waals surface area contributed by atoms with E-state index in [1.54, 1.807) is 7.11 Å². The van der Waals surface area contributed by atoms with Gasteiger partial charge in [0.2, 0.25) is 0 Å². The second-order valence-corrected chi connectivity index (χ2v) is 6.88. The fraction of sp³-hybridized carbons (Fsp3) is 0.333. The summed E-state index contributed by atoms with van der Waals surface area (Å²) >= 11 is 7.31. The molecule has 0 heterocycles. The fourth-order valence-corrected chi connectivity index (χ4v) is 3.37. The first-order valence-corrected chi connectivity index (χ1v) is 8.97. The number of benzene rings is 2. The van der Waals surface area contributed by atoms with Crippen LogP contribution >= 0.6 is 31.9 Å². The maximum absolute atomic E-state index is 5.33. The van der Waals surface area contributed by atoms with E-state index in [1.165, 1.54) is 16.7 Å². The lowest BCUT2D eigenvalue weighted by Gasteiger charge is -2.16. The molecular formula is C18H20Br2O. The van der Waals surface area contributed by atoms with Crippen molar-refractivity contribution >= 4 is 31.9 Å². The molecule has 112 valence electrons. The molecule has 2 aromatic rings. The van der Waals surface area contributed by atoms with Crippen LogP contribution in [0.15, 0.2) is 46.9 Å². The highest BCUT2D eigenvalue weighted by molar-refractivity contribution is 9.10. The maximum Gasteiger partial charge on any atom is 0.119 e. The van der Waals surface area contributed by atoms with Crippen LogP contribution < -0.4 is 4.74 Å². The van der Waals surface area contributed by atoms with Crippen LogP contribution in [-0.4, -0.2) is 12.4 Å². The molecule has 0 N–H and O–H groups in total. The molecule has 1 nitrogen and oxygen atoms in total. The van der Waals surface area contributed by atoms with Gasteiger partial charge in [0.15, 0.2) is 0 Å². The number of aryl methyl sites for hydroxylation is 1. The molecule has 0 fully saturated rings. The zero-order valence-corrected chi connectivity index (χ0v) is 15.6. The van der Waals surface area contributed by atoms with Crippen LogP contribution in [0.3, 0.4) is 0 Å². The average Bonchev–Trinajstić information content (AvgIpc) is 2.48. The van der Waals surface area contributed by atoms with Crippen molar-refractivity contribution in [2.24, 2.45) is 5.92 Å². The topological polar surface area (TPSA) is 9.23 Å². The predicted molar refractivity (Wildman–Crippen MR) is 96.6 cm³/mol. The highest BCUT2D eigenvalue weighted by atomic mass is 79.9. The van der Waals surface area contributed by atoms with Crippen molar-refractivity contribution < 1.29 is 4.74 Å². The van der Waals surface area contributed by atoms with Gasteiger partial charge in [0.05, 0.1) is 7.11 Å². The summed E-state index contributed by atoms with van der Waals surface area (Å²) in [5.41, 5.74) is 4.02. The number of methoxy groups -OCH3 is 1. The predicted octanol–water partition coefficient (Wildman–Crippen LogP) is 5.56. The van der Waals surface area contributed by atoms with Crippen LogP contribution in [0.4, 0.5) is 0 Å². The van der Waals surface area contributed by atoms with Gasteiger partial charge in [-0.2, -0.15) is 0 Å². The number of hydrogen-bond donors (Lipinski definition) is 0. The molecular weight excluding hydrogens is 392 g/mol. The van der Waals surface area contributed by atoms with E-state index in [4.69, 9.17) is 4.74 Å². The molecule has 0 aliphatic heterocycles. The standard InChI is InChI=1S/C18H20Br2O/c1-13-4-3-5-14(8-13)9-15(12-19)10-16-11-17(21-2)6-7-18(16)20/h3-8,11,15H,9-10,12H2,1-2H3. The van der Waals surface area contributed by atoms with Crippen LogP contribution in [0.5, 0.6) is 5.75 Å². The van der Waals surface area contributed by atoms with Crippen molar-refractivity contribution in [3.05, 3.63) is 63.6 Å². The molecule has 0 aliphatic rings. The van der Waals surface area contributed by atoms with Gasteiger partial charge in [-0.05, 0) is 55.0 Å². The number of alkyl halides is 1. The number of ether oxygens (including phenoxy) is 1. The van der Waals surface area contributed by atoms with Gasteiger partial charge in [-0.25, -0.2) is 0 Å². The Kier molecular flexibility index (Phi) is 6.31. The van der Waals surface area contributed by atoms with E-state index in [0.29, 0.717) is 5.92 Å². The third kappa shape index (κ3) is 4.86. The van der Waals surface area contributed by atoms with E-state index >= 15 is 0 Å². The molecule has 1 atom stereocenters. The number of rotatable bonds is 6. The van der Waals surface area contributed by atoms with Crippen molar-refractivity contribution in [2.45, 2.75) is 19.8 Å². The Morgan fingerprint density at radius 2 is 1.90 bits per heavy atom. The maximum atomic E-state index is 5.33. The summed E-state index contributed by atoms with van der Waals surface area (Å²) in [5.74, 6) is 1.48. The Labute approximate surface area is 144 Å². The van der Waals surface area contributed by atoms with Crippen LogP contribution in [0, 0.1) is 12.8 Å². The average molecular weight is 412 g/mol. The van der Waals surface area contributed by atoms with Crippen LogP contribution in [0.25, 0.3) is 0 Å². The highest BCUT2D eigenvalue weighted by Crippen LogP contribution is 2.27. The second kappa shape index (κ2) is 8.00. The summed E-state index contributed by atoms with van der Waals surface area (Å²) in [6.45, 7) is 2.14. The molecule has 21 heavy (non-hydrogen) atoms. The van der Waals surface area contributed by atoms with E-state index in [-0.39, 0.29) is 0 Å². The Morgan fingerprint density at radius 1 is 1.10 bits per heavy atom. The fourth-order valence-electron chi connectivity index (χ4n) is 2.50. The van der Waals surface area contributed by atoms with E-state index in [2.05, 4.69) is 75.2 Å². The SMILES string of the molecule is COc1ccc(Br)c(CC(CBr)Cc2cccc(C)c2)c1. The third-order valence-corrected chi connectivity index (χ3v) is 5.28. The zero-order chi connectivity index (χ0) is 15.2. The van der Waals surface area contributed by atoms with Gasteiger partial charge in [-0.1, -0.05) is 61.7 Å². The summed E-state index contributed by atoms with van der Waals surface area (Å²) in [5, 5.41) is 0.991. The molecule has 2 rings (SSSR count). The Bertz CT molecular complexity index is 596. The minimum Gasteiger partial charge on any atom is -0.497 e. The lowest BCUT2D eigenvalue weighted by molar-refractivity contribution is 0.413. The first-order chi connectivity index (χ1) is 10.1. The summed E-state index contributed by atoms with van der Waals surface area (Å²) in [7, 11) is 1.71. The van der Waals surface area contributed by atoms with E-state index in [0.717, 1.165) is 28.4 Å². The molecule has 3 heteroatoms. The van der Waals surface area contributed by atoms with Crippen molar-refractivity contribution in [2.75, 3.05) is 12.4 Å². The summed E-state index contributed by atoms with van der Waals surface area (Å²) < 4.78 is 6.48. The molecule has 0 radical (unpaired) electrons. The monoisotopic (exact) mass is 410 g/mol. The Hall–Kier alpha value is -0.800. The van der Waals surface area contributed by atoms with E-state index in [1.807, 2.05) is 6.07 Å². The normalized spacial score (nSPS) is 12.2. The second-order valence-electron chi connectivity index (χ2n) is 5.37. The Balaban J connectivity index is 2.12. The van der Waals surface area contributed by atoms with Crippen molar-refractivity contribution in [3.63, 3.8) is 0 Å². The van der Waals surface area contributed by atoms with Gasteiger partial charge < -0.3 is 4.74 Å². The first-order valence-electron chi connectivity index (χ1n) is 7.06. The number of hydrogen-bond acceptors (Lipinski definition) is 1. The van der Waals surface area contributed by atoms with Gasteiger partial charge in [0.25, 0.3) is 0 Å². The largest absolute Gasteiger partial charge is 0.497 e. The molecule has 2 aromatic carbocycles. The zero-order valence-electron chi connectivity index (χ0n) is 12.4. The molecule has 0 spiro atoms. The van der Waals surface area contributed by atoms with E-state index in [9.17, 15) is 0 Å². The summed E-state index contributed by atoms with van der Waals surface area (Å²) in [6, 6.07) is 14.9.